The lowest BCUT2D eigenvalue weighted by molar-refractivity contribution is 0.186. The summed E-state index contributed by atoms with van der Waals surface area (Å²) < 4.78 is 3.43. The molecule has 5 N–H and O–H groups in total. The fraction of sp³-hybridized carbons (Fsp3) is 0.333. The Morgan fingerprint density at radius 1 is 0.824 bits per heavy atom. The Kier molecular flexibility index (Phi) is 17.3. The molecule has 5 nitrogen and oxygen atoms in total. The second-order valence-electron chi connectivity index (χ2n) is 7.64. The van der Waals surface area contributed by atoms with Crippen molar-refractivity contribution in [2.75, 3.05) is 39.4 Å². The standard InChI is InChI=1S/C18H25N3S.C7H8S.C2H6O2/c1-16-7-9-18(10-8-16)22-20-12-14-21(13-11-19)15-17-5-3-2-4-6-17;1-6-2-4-7(8)5-3-6;3-1-2-4/h2-10,20H,11-15,19H2,1H3;2-5,8H,1H3;3-4H,1-2H2. The van der Waals surface area contributed by atoms with Gasteiger partial charge in [-0.1, -0.05) is 65.7 Å². The third kappa shape index (κ3) is 15.1. The van der Waals surface area contributed by atoms with Crippen molar-refractivity contribution >= 4 is 24.6 Å². The zero-order valence-corrected chi connectivity index (χ0v) is 21.9. The van der Waals surface area contributed by atoms with Crippen LogP contribution in [-0.4, -0.2) is 54.5 Å². The van der Waals surface area contributed by atoms with Crippen molar-refractivity contribution in [2.24, 2.45) is 5.73 Å². The van der Waals surface area contributed by atoms with E-state index in [1.165, 1.54) is 21.6 Å². The Labute approximate surface area is 214 Å². The van der Waals surface area contributed by atoms with E-state index < -0.39 is 0 Å². The van der Waals surface area contributed by atoms with Crippen LogP contribution in [-0.2, 0) is 6.54 Å². The smallest absolute Gasteiger partial charge is 0.0662 e. The van der Waals surface area contributed by atoms with Crippen LogP contribution in [0.2, 0.25) is 0 Å². The van der Waals surface area contributed by atoms with Crippen LogP contribution in [0.4, 0.5) is 0 Å². The van der Waals surface area contributed by atoms with Gasteiger partial charge in [0.15, 0.2) is 0 Å². The van der Waals surface area contributed by atoms with E-state index in [-0.39, 0.29) is 13.2 Å². The highest BCUT2D eigenvalue weighted by molar-refractivity contribution is 7.97. The van der Waals surface area contributed by atoms with Gasteiger partial charge in [0.25, 0.3) is 0 Å². The molecule has 0 saturated heterocycles. The lowest BCUT2D eigenvalue weighted by Gasteiger charge is -2.21. The molecule has 0 amide bonds. The summed E-state index contributed by atoms with van der Waals surface area (Å²) in [5.74, 6) is 0. The minimum absolute atomic E-state index is 0.125. The number of aliphatic hydroxyl groups excluding tert-OH is 2. The van der Waals surface area contributed by atoms with E-state index in [0.29, 0.717) is 6.54 Å². The van der Waals surface area contributed by atoms with E-state index in [9.17, 15) is 0 Å². The Morgan fingerprint density at radius 3 is 1.88 bits per heavy atom. The monoisotopic (exact) mass is 501 g/mol. The molecule has 0 heterocycles. The van der Waals surface area contributed by atoms with Gasteiger partial charge < -0.3 is 15.9 Å². The van der Waals surface area contributed by atoms with Gasteiger partial charge in [0.05, 0.1) is 13.2 Å². The summed E-state index contributed by atoms with van der Waals surface area (Å²) in [6.07, 6.45) is 0. The van der Waals surface area contributed by atoms with Gasteiger partial charge in [0.2, 0.25) is 0 Å². The second-order valence-corrected chi connectivity index (χ2v) is 9.12. The van der Waals surface area contributed by atoms with Gasteiger partial charge in [-0.15, -0.1) is 12.6 Å². The van der Waals surface area contributed by atoms with Gasteiger partial charge in [0, 0.05) is 42.5 Å². The van der Waals surface area contributed by atoms with Crippen LogP contribution < -0.4 is 10.5 Å². The molecule has 3 aromatic rings. The maximum absolute atomic E-state index is 7.62. The highest BCUT2D eigenvalue weighted by atomic mass is 32.2. The number of nitrogens with one attached hydrogen (secondary N) is 1. The quantitative estimate of drug-likeness (QED) is 0.162. The van der Waals surface area contributed by atoms with Gasteiger partial charge in [-0.05, 0) is 55.6 Å². The van der Waals surface area contributed by atoms with Crippen molar-refractivity contribution in [1.29, 1.82) is 0 Å². The Bertz CT molecular complexity index is 840. The number of aryl methyl sites for hydroxylation is 2. The predicted octanol–water partition coefficient (Wildman–Crippen LogP) is 4.31. The molecule has 0 atom stereocenters. The highest BCUT2D eigenvalue weighted by Gasteiger charge is 2.04. The third-order valence-corrected chi connectivity index (χ3v) is 5.72. The van der Waals surface area contributed by atoms with Gasteiger partial charge in [0.1, 0.15) is 0 Å². The van der Waals surface area contributed by atoms with Gasteiger partial charge >= 0.3 is 0 Å². The molecule has 0 aliphatic heterocycles. The second kappa shape index (κ2) is 19.5. The van der Waals surface area contributed by atoms with Crippen molar-refractivity contribution in [1.82, 2.24) is 9.62 Å². The number of thiol groups is 1. The van der Waals surface area contributed by atoms with Gasteiger partial charge in [-0.2, -0.15) is 0 Å². The van der Waals surface area contributed by atoms with E-state index in [4.69, 9.17) is 15.9 Å². The maximum atomic E-state index is 7.62. The SMILES string of the molecule is Cc1ccc(S)cc1.Cc1ccc(SNCCN(CCN)Cc2ccccc2)cc1.OCCO. The predicted molar refractivity (Wildman–Crippen MR) is 148 cm³/mol. The lowest BCUT2D eigenvalue weighted by Crippen LogP contribution is -2.33. The molecule has 34 heavy (non-hydrogen) atoms. The van der Waals surface area contributed by atoms with Crippen molar-refractivity contribution in [3.63, 3.8) is 0 Å². The Balaban J connectivity index is 0.000000395. The molecular weight excluding hydrogens is 462 g/mol. The number of rotatable bonds is 10. The van der Waals surface area contributed by atoms with Crippen molar-refractivity contribution in [3.8, 4) is 0 Å². The van der Waals surface area contributed by atoms with Crippen LogP contribution in [0.3, 0.4) is 0 Å². The Hall–Kier alpha value is -1.84. The maximum Gasteiger partial charge on any atom is 0.0662 e. The highest BCUT2D eigenvalue weighted by Crippen LogP contribution is 2.14. The fourth-order valence-electron chi connectivity index (χ4n) is 2.78. The number of aliphatic hydroxyl groups is 2. The van der Waals surface area contributed by atoms with Gasteiger partial charge in [-0.25, -0.2) is 0 Å². The van der Waals surface area contributed by atoms with Crippen molar-refractivity contribution in [3.05, 3.63) is 95.6 Å². The molecule has 0 aliphatic rings. The van der Waals surface area contributed by atoms with E-state index in [2.05, 4.69) is 90.7 Å². The molecule has 3 aromatic carbocycles. The molecule has 0 spiro atoms. The van der Waals surface area contributed by atoms with Crippen molar-refractivity contribution < 1.29 is 10.2 Å². The topological polar surface area (TPSA) is 81.8 Å². The first kappa shape index (κ1) is 30.2. The van der Waals surface area contributed by atoms with Gasteiger partial charge in [-0.3, -0.25) is 9.62 Å². The minimum atomic E-state index is -0.125. The molecule has 186 valence electrons. The van der Waals surface area contributed by atoms with Crippen LogP contribution in [0.15, 0.2) is 88.7 Å². The average molecular weight is 502 g/mol. The zero-order valence-electron chi connectivity index (χ0n) is 20.2. The number of benzene rings is 3. The summed E-state index contributed by atoms with van der Waals surface area (Å²) in [6.45, 7) is 8.42. The molecule has 0 radical (unpaired) electrons. The number of nitrogens with zero attached hydrogens (tertiary/aromatic N) is 1. The zero-order chi connectivity index (χ0) is 25.0. The van der Waals surface area contributed by atoms with Crippen LogP contribution >= 0.6 is 24.6 Å². The van der Waals surface area contributed by atoms with E-state index in [1.54, 1.807) is 11.9 Å². The van der Waals surface area contributed by atoms with E-state index in [1.807, 2.05) is 24.3 Å². The van der Waals surface area contributed by atoms with Crippen LogP contribution in [0.1, 0.15) is 16.7 Å². The first-order valence-corrected chi connectivity index (χ1v) is 12.6. The number of hydrogen-bond acceptors (Lipinski definition) is 7. The van der Waals surface area contributed by atoms with E-state index >= 15 is 0 Å². The summed E-state index contributed by atoms with van der Waals surface area (Å²) in [5.41, 5.74) is 9.63. The molecule has 3 rings (SSSR count). The summed E-state index contributed by atoms with van der Waals surface area (Å²) in [6, 6.07) is 27.2. The molecule has 7 heteroatoms. The summed E-state index contributed by atoms with van der Waals surface area (Å²) in [4.78, 5) is 4.66. The molecule has 0 fully saturated rings. The van der Waals surface area contributed by atoms with Crippen LogP contribution in [0.5, 0.6) is 0 Å². The third-order valence-electron chi connectivity index (χ3n) is 4.57. The molecule has 0 bridgehead atoms. The summed E-state index contributed by atoms with van der Waals surface area (Å²) in [5, 5.41) is 15.2. The molecule has 0 unspecified atom stereocenters. The van der Waals surface area contributed by atoms with Crippen LogP contribution in [0.25, 0.3) is 0 Å². The number of hydrogen-bond donors (Lipinski definition) is 5. The first-order chi connectivity index (χ1) is 16.5. The molecule has 0 aromatic heterocycles. The first-order valence-electron chi connectivity index (χ1n) is 11.4. The Morgan fingerprint density at radius 2 is 1.38 bits per heavy atom. The largest absolute Gasteiger partial charge is 0.394 e. The number of nitrogens with two attached hydrogens (primary N) is 1. The molecular formula is C27H39N3O2S2. The fourth-order valence-corrected chi connectivity index (χ4v) is 3.56. The normalized spacial score (nSPS) is 10.2. The molecule has 0 aliphatic carbocycles. The lowest BCUT2D eigenvalue weighted by atomic mass is 10.2. The van der Waals surface area contributed by atoms with Crippen molar-refractivity contribution in [2.45, 2.75) is 30.2 Å². The summed E-state index contributed by atoms with van der Waals surface area (Å²) >= 11 is 5.82. The van der Waals surface area contributed by atoms with E-state index in [0.717, 1.165) is 31.1 Å². The summed E-state index contributed by atoms with van der Waals surface area (Å²) in [7, 11) is 0. The van der Waals surface area contributed by atoms with Crippen LogP contribution in [0, 0.1) is 13.8 Å². The minimum Gasteiger partial charge on any atom is -0.394 e. The molecule has 0 saturated carbocycles. The average Bonchev–Trinajstić information content (AvgIpc) is 2.86.